The Balaban J connectivity index is 2.50. The number of aliphatic imine (C=N–C) groups is 1. The van der Waals surface area contributed by atoms with E-state index >= 15 is 0 Å². The number of rotatable bonds is 2. The van der Waals surface area contributed by atoms with Crippen molar-refractivity contribution >= 4 is 6.21 Å². The molecule has 1 nitrogen and oxygen atoms in total. The van der Waals surface area contributed by atoms with Crippen LogP contribution in [0, 0.1) is 0 Å². The maximum atomic E-state index is 3.89. The minimum Gasteiger partial charge on any atom is -0.297 e. The number of hydrogen-bond acceptors (Lipinski definition) is 1. The number of nitrogens with zero attached hydrogens (tertiary/aromatic N) is 1. The molecule has 0 saturated carbocycles. The zero-order valence-corrected chi connectivity index (χ0v) is 7.53. The summed E-state index contributed by atoms with van der Waals surface area (Å²) in [5.74, 6) is 0. The standard InChI is InChI=1S/C11H15N/c1-12-10-6-9-11-7-4-2-3-5-8-11/h2,4,6-7,9-10H,3,5,8H2,1H3/b9-6+,12-10?. The third kappa shape index (κ3) is 3.33. The molecule has 0 amide bonds. The summed E-state index contributed by atoms with van der Waals surface area (Å²) in [4.78, 5) is 3.89. The van der Waals surface area contributed by atoms with E-state index in [1.54, 1.807) is 7.05 Å². The van der Waals surface area contributed by atoms with Crippen molar-refractivity contribution in [3.8, 4) is 0 Å². The van der Waals surface area contributed by atoms with Crippen LogP contribution in [-0.2, 0) is 0 Å². The minimum atomic E-state index is 1.18. The molecule has 0 aromatic heterocycles. The first-order valence-electron chi connectivity index (χ1n) is 4.38. The van der Waals surface area contributed by atoms with E-state index < -0.39 is 0 Å². The van der Waals surface area contributed by atoms with Crippen LogP contribution in [0.3, 0.4) is 0 Å². The van der Waals surface area contributed by atoms with E-state index in [4.69, 9.17) is 0 Å². The summed E-state index contributed by atoms with van der Waals surface area (Å²) in [7, 11) is 1.78. The molecule has 0 N–H and O–H groups in total. The highest BCUT2D eigenvalue weighted by molar-refractivity contribution is 5.71. The van der Waals surface area contributed by atoms with Crippen LogP contribution in [0.2, 0.25) is 0 Å². The molecule has 0 heterocycles. The van der Waals surface area contributed by atoms with Gasteiger partial charge in [0, 0.05) is 13.3 Å². The Kier molecular flexibility index (Phi) is 4.14. The Bertz CT molecular complexity index is 231. The van der Waals surface area contributed by atoms with E-state index in [-0.39, 0.29) is 0 Å². The number of allylic oxidation sites excluding steroid dienone is 6. The van der Waals surface area contributed by atoms with Gasteiger partial charge < -0.3 is 0 Å². The molecule has 64 valence electrons. The maximum Gasteiger partial charge on any atom is 0.0277 e. The Morgan fingerprint density at radius 1 is 1.50 bits per heavy atom. The van der Waals surface area contributed by atoms with Crippen LogP contribution < -0.4 is 0 Å². The highest BCUT2D eigenvalue weighted by atomic mass is 14.6. The summed E-state index contributed by atoms with van der Waals surface area (Å²) >= 11 is 0. The lowest BCUT2D eigenvalue weighted by Gasteiger charge is -1.95. The van der Waals surface area contributed by atoms with Crippen molar-refractivity contribution in [2.45, 2.75) is 19.3 Å². The van der Waals surface area contributed by atoms with Crippen LogP contribution in [0.5, 0.6) is 0 Å². The van der Waals surface area contributed by atoms with Gasteiger partial charge in [-0.2, -0.15) is 0 Å². The fourth-order valence-corrected chi connectivity index (χ4v) is 1.19. The second-order valence-electron chi connectivity index (χ2n) is 2.83. The molecule has 0 unspecified atom stereocenters. The molecule has 0 aliphatic heterocycles. The maximum absolute atomic E-state index is 3.89. The summed E-state index contributed by atoms with van der Waals surface area (Å²) < 4.78 is 0. The van der Waals surface area contributed by atoms with Crippen molar-refractivity contribution in [2.24, 2.45) is 4.99 Å². The van der Waals surface area contributed by atoms with Crippen LogP contribution in [-0.4, -0.2) is 13.3 Å². The molecule has 0 bridgehead atoms. The van der Waals surface area contributed by atoms with Crippen LogP contribution in [0.1, 0.15) is 19.3 Å². The summed E-state index contributed by atoms with van der Waals surface area (Å²) in [6.07, 6.45) is 16.1. The lowest BCUT2D eigenvalue weighted by Crippen LogP contribution is -1.77. The molecule has 0 saturated heterocycles. The highest BCUT2D eigenvalue weighted by Gasteiger charge is 1.93. The minimum absolute atomic E-state index is 1.18. The van der Waals surface area contributed by atoms with Crippen molar-refractivity contribution in [2.75, 3.05) is 7.05 Å². The Hall–Kier alpha value is -1.11. The van der Waals surface area contributed by atoms with Crippen LogP contribution >= 0.6 is 0 Å². The summed E-state index contributed by atoms with van der Waals surface area (Å²) in [6.45, 7) is 0. The zero-order valence-electron chi connectivity index (χ0n) is 7.53. The van der Waals surface area contributed by atoms with Crippen LogP contribution in [0.4, 0.5) is 0 Å². The molecule has 1 aliphatic carbocycles. The van der Waals surface area contributed by atoms with Gasteiger partial charge in [0.15, 0.2) is 0 Å². The second kappa shape index (κ2) is 5.53. The van der Waals surface area contributed by atoms with Crippen molar-refractivity contribution in [3.05, 3.63) is 36.0 Å². The molecule has 1 heteroatoms. The average molecular weight is 161 g/mol. The van der Waals surface area contributed by atoms with Gasteiger partial charge in [0.05, 0.1) is 0 Å². The molecule has 0 radical (unpaired) electrons. The van der Waals surface area contributed by atoms with Gasteiger partial charge in [-0.3, -0.25) is 4.99 Å². The van der Waals surface area contributed by atoms with Gasteiger partial charge in [-0.1, -0.05) is 24.3 Å². The topological polar surface area (TPSA) is 12.4 Å². The van der Waals surface area contributed by atoms with E-state index in [9.17, 15) is 0 Å². The van der Waals surface area contributed by atoms with E-state index in [1.807, 2.05) is 12.3 Å². The lowest BCUT2D eigenvalue weighted by atomic mass is 10.1. The smallest absolute Gasteiger partial charge is 0.0277 e. The van der Waals surface area contributed by atoms with E-state index in [1.165, 1.54) is 24.8 Å². The molecule has 1 rings (SSSR count). The molecule has 0 fully saturated rings. The van der Waals surface area contributed by atoms with E-state index in [0.29, 0.717) is 0 Å². The van der Waals surface area contributed by atoms with E-state index in [2.05, 4.69) is 29.3 Å². The monoisotopic (exact) mass is 161 g/mol. The van der Waals surface area contributed by atoms with Gasteiger partial charge in [-0.15, -0.1) is 0 Å². The van der Waals surface area contributed by atoms with Gasteiger partial charge >= 0.3 is 0 Å². The molecule has 0 aromatic rings. The van der Waals surface area contributed by atoms with E-state index in [0.717, 1.165) is 0 Å². The molecule has 0 aromatic carbocycles. The van der Waals surface area contributed by atoms with Crippen molar-refractivity contribution in [1.82, 2.24) is 0 Å². The summed E-state index contributed by atoms with van der Waals surface area (Å²) in [5.41, 5.74) is 1.39. The average Bonchev–Trinajstić information content (AvgIpc) is 2.33. The molecule has 1 aliphatic rings. The molecular formula is C11H15N. The Morgan fingerprint density at radius 3 is 3.25 bits per heavy atom. The van der Waals surface area contributed by atoms with Gasteiger partial charge in [-0.05, 0) is 30.9 Å². The van der Waals surface area contributed by atoms with Gasteiger partial charge in [0.1, 0.15) is 0 Å². The lowest BCUT2D eigenvalue weighted by molar-refractivity contribution is 0.855. The summed E-state index contributed by atoms with van der Waals surface area (Å²) in [6, 6.07) is 0. The first-order chi connectivity index (χ1) is 5.93. The largest absolute Gasteiger partial charge is 0.297 e. The third-order valence-electron chi connectivity index (χ3n) is 1.83. The van der Waals surface area contributed by atoms with Gasteiger partial charge in [-0.25, -0.2) is 0 Å². The Morgan fingerprint density at radius 2 is 2.42 bits per heavy atom. The van der Waals surface area contributed by atoms with Crippen molar-refractivity contribution in [1.29, 1.82) is 0 Å². The molecule has 0 spiro atoms. The van der Waals surface area contributed by atoms with Crippen molar-refractivity contribution < 1.29 is 0 Å². The number of hydrogen-bond donors (Lipinski definition) is 0. The zero-order chi connectivity index (χ0) is 8.65. The highest BCUT2D eigenvalue weighted by Crippen LogP contribution is 2.12. The fraction of sp³-hybridized carbons (Fsp3) is 0.364. The quantitative estimate of drug-likeness (QED) is 0.552. The van der Waals surface area contributed by atoms with Crippen molar-refractivity contribution in [3.63, 3.8) is 0 Å². The summed E-state index contributed by atoms with van der Waals surface area (Å²) in [5, 5.41) is 0. The SMILES string of the molecule is CN=C/C=C/C1=CC=CCCC1. The Labute approximate surface area is 74.2 Å². The first-order valence-corrected chi connectivity index (χ1v) is 4.38. The molecule has 12 heavy (non-hydrogen) atoms. The first kappa shape index (κ1) is 8.98. The van der Waals surface area contributed by atoms with Crippen LogP contribution in [0.15, 0.2) is 40.9 Å². The third-order valence-corrected chi connectivity index (χ3v) is 1.83. The second-order valence-corrected chi connectivity index (χ2v) is 2.83. The predicted octanol–water partition coefficient (Wildman–Crippen LogP) is 2.91. The molecular weight excluding hydrogens is 146 g/mol. The van der Waals surface area contributed by atoms with Crippen LogP contribution in [0.25, 0.3) is 0 Å². The predicted molar refractivity (Wildman–Crippen MR) is 54.6 cm³/mol. The van der Waals surface area contributed by atoms with Gasteiger partial charge in [0.25, 0.3) is 0 Å². The normalized spacial score (nSPS) is 18.6. The molecule has 0 atom stereocenters. The van der Waals surface area contributed by atoms with Gasteiger partial charge in [0.2, 0.25) is 0 Å². The fourth-order valence-electron chi connectivity index (χ4n) is 1.19.